The van der Waals surface area contributed by atoms with Crippen molar-refractivity contribution < 1.29 is 13.2 Å². The van der Waals surface area contributed by atoms with Crippen LogP contribution in [0.4, 0.5) is 0 Å². The molecule has 130 valence electrons. The summed E-state index contributed by atoms with van der Waals surface area (Å²) in [4.78, 5) is 15.4. The molecule has 5 nitrogen and oxygen atoms in total. The molecule has 1 aliphatic rings. The van der Waals surface area contributed by atoms with Gasteiger partial charge < -0.3 is 5.32 Å². The number of amides is 1. The Morgan fingerprint density at radius 2 is 2.22 bits per heavy atom. The predicted molar refractivity (Wildman–Crippen MR) is 94.3 cm³/mol. The highest BCUT2D eigenvalue weighted by molar-refractivity contribution is 7.91. The minimum atomic E-state index is -2.92. The van der Waals surface area contributed by atoms with E-state index in [-0.39, 0.29) is 36.0 Å². The first-order chi connectivity index (χ1) is 10.8. The Morgan fingerprint density at radius 1 is 1.48 bits per heavy atom. The molecule has 1 fully saturated rings. The van der Waals surface area contributed by atoms with Crippen LogP contribution >= 0.6 is 11.3 Å². The summed E-state index contributed by atoms with van der Waals surface area (Å²) in [6, 6.07) is 4.03. The van der Waals surface area contributed by atoms with E-state index in [1.165, 1.54) is 0 Å². The van der Waals surface area contributed by atoms with Crippen LogP contribution in [0.3, 0.4) is 0 Å². The maximum Gasteiger partial charge on any atom is 0.234 e. The molecule has 0 spiro atoms. The monoisotopic (exact) mass is 358 g/mol. The Morgan fingerprint density at radius 3 is 2.74 bits per heavy atom. The Bertz CT molecular complexity index is 611. The van der Waals surface area contributed by atoms with Gasteiger partial charge in [0.25, 0.3) is 0 Å². The second-order valence-electron chi connectivity index (χ2n) is 6.74. The van der Waals surface area contributed by atoms with Crippen LogP contribution in [0.5, 0.6) is 0 Å². The molecular formula is C16H26N2O3S2. The van der Waals surface area contributed by atoms with Crippen LogP contribution in [0.15, 0.2) is 17.5 Å². The van der Waals surface area contributed by atoms with E-state index < -0.39 is 9.84 Å². The third-order valence-electron chi connectivity index (χ3n) is 4.15. The number of hydrogen-bond donors (Lipinski definition) is 1. The van der Waals surface area contributed by atoms with Gasteiger partial charge >= 0.3 is 0 Å². The maximum atomic E-state index is 12.4. The van der Waals surface area contributed by atoms with Gasteiger partial charge in [-0.1, -0.05) is 19.9 Å². The van der Waals surface area contributed by atoms with E-state index in [2.05, 4.69) is 19.2 Å². The summed E-state index contributed by atoms with van der Waals surface area (Å²) in [6.07, 6.45) is 1.51. The highest BCUT2D eigenvalue weighted by atomic mass is 32.2. The molecule has 23 heavy (non-hydrogen) atoms. The maximum absolute atomic E-state index is 12.4. The Hall–Kier alpha value is -0.920. The van der Waals surface area contributed by atoms with Crippen LogP contribution in [0.25, 0.3) is 0 Å². The Balaban J connectivity index is 1.91. The number of thiophene rings is 1. The fourth-order valence-corrected chi connectivity index (χ4v) is 5.52. The van der Waals surface area contributed by atoms with Crippen LogP contribution in [0, 0.1) is 5.92 Å². The van der Waals surface area contributed by atoms with E-state index in [1.807, 2.05) is 29.5 Å². The number of likely N-dealkylation sites (N-methyl/N-ethyl adjacent to an activating group) is 1. The van der Waals surface area contributed by atoms with Crippen LogP contribution in [0.1, 0.15) is 37.6 Å². The topological polar surface area (TPSA) is 66.5 Å². The third-order valence-corrected chi connectivity index (χ3v) is 6.89. The van der Waals surface area contributed by atoms with Gasteiger partial charge in [0.1, 0.15) is 0 Å². The summed E-state index contributed by atoms with van der Waals surface area (Å²) in [5.74, 6) is 0.835. The van der Waals surface area contributed by atoms with Crippen molar-refractivity contribution in [3.05, 3.63) is 22.4 Å². The summed E-state index contributed by atoms with van der Waals surface area (Å²) in [7, 11) is -1.10. The predicted octanol–water partition coefficient (Wildman–Crippen LogP) is 2.07. The first-order valence-electron chi connectivity index (χ1n) is 8.00. The number of nitrogens with one attached hydrogen (secondary N) is 1. The summed E-state index contributed by atoms with van der Waals surface area (Å²) in [5, 5.41) is 5.12. The van der Waals surface area contributed by atoms with Gasteiger partial charge in [0.2, 0.25) is 5.91 Å². The quantitative estimate of drug-likeness (QED) is 0.810. The van der Waals surface area contributed by atoms with Crippen LogP contribution < -0.4 is 5.32 Å². The zero-order valence-electron chi connectivity index (χ0n) is 14.0. The van der Waals surface area contributed by atoms with Crippen molar-refractivity contribution >= 4 is 27.1 Å². The summed E-state index contributed by atoms with van der Waals surface area (Å²) < 4.78 is 23.1. The lowest BCUT2D eigenvalue weighted by molar-refractivity contribution is -0.123. The number of carbonyl (C=O) groups excluding carboxylic acids is 1. The number of carbonyl (C=O) groups is 1. The number of nitrogens with zero attached hydrogens (tertiary/aromatic N) is 1. The normalized spacial score (nSPS) is 21.7. The molecule has 1 N–H and O–H groups in total. The smallest absolute Gasteiger partial charge is 0.234 e. The molecule has 1 aromatic rings. The lowest BCUT2D eigenvalue weighted by Crippen LogP contribution is -2.42. The van der Waals surface area contributed by atoms with Gasteiger partial charge in [-0.3, -0.25) is 9.69 Å². The molecule has 2 heterocycles. The van der Waals surface area contributed by atoms with Crippen molar-refractivity contribution in [2.45, 2.75) is 38.8 Å². The molecule has 0 aliphatic carbocycles. The third kappa shape index (κ3) is 5.58. The molecular weight excluding hydrogens is 332 g/mol. The van der Waals surface area contributed by atoms with E-state index in [1.54, 1.807) is 11.3 Å². The summed E-state index contributed by atoms with van der Waals surface area (Å²) >= 11 is 1.65. The zero-order valence-corrected chi connectivity index (χ0v) is 15.6. The van der Waals surface area contributed by atoms with E-state index in [4.69, 9.17) is 0 Å². The van der Waals surface area contributed by atoms with Crippen LogP contribution in [-0.2, 0) is 14.6 Å². The lowest BCUT2D eigenvalue weighted by atomic mass is 10.0. The number of sulfone groups is 1. The van der Waals surface area contributed by atoms with Gasteiger partial charge in [0, 0.05) is 10.9 Å². The molecule has 2 rings (SSSR count). The molecule has 7 heteroatoms. The molecule has 1 amide bonds. The highest BCUT2D eigenvalue weighted by Crippen LogP contribution is 2.25. The van der Waals surface area contributed by atoms with E-state index >= 15 is 0 Å². The summed E-state index contributed by atoms with van der Waals surface area (Å²) in [5.41, 5.74) is 0. The molecule has 0 bridgehead atoms. The van der Waals surface area contributed by atoms with Crippen molar-refractivity contribution in [3.8, 4) is 0 Å². The number of hydrogen-bond acceptors (Lipinski definition) is 5. The first kappa shape index (κ1) is 18.4. The fourth-order valence-electron chi connectivity index (χ4n) is 2.93. The second-order valence-corrected chi connectivity index (χ2v) is 9.95. The number of rotatable bonds is 7. The molecule has 1 aromatic heterocycles. The Kier molecular flexibility index (Phi) is 6.22. The largest absolute Gasteiger partial charge is 0.347 e. The molecule has 0 saturated carbocycles. The molecule has 1 aliphatic heterocycles. The molecule has 0 unspecified atom stereocenters. The van der Waals surface area contributed by atoms with Gasteiger partial charge in [0.15, 0.2) is 9.84 Å². The van der Waals surface area contributed by atoms with Gasteiger partial charge in [-0.15, -0.1) is 11.3 Å². The SMILES string of the molecule is CC(C)C[C@H](NC(=O)CN(C)[C@@H]1CCS(=O)(=O)C1)c1cccs1. The molecule has 1 saturated heterocycles. The average molecular weight is 359 g/mol. The summed E-state index contributed by atoms with van der Waals surface area (Å²) in [6.45, 7) is 4.52. The zero-order chi connectivity index (χ0) is 17.0. The second kappa shape index (κ2) is 7.77. The van der Waals surface area contributed by atoms with E-state index in [9.17, 15) is 13.2 Å². The first-order valence-corrected chi connectivity index (χ1v) is 10.7. The van der Waals surface area contributed by atoms with Crippen molar-refractivity contribution in [1.29, 1.82) is 0 Å². The van der Waals surface area contributed by atoms with Crippen molar-refractivity contribution in [2.75, 3.05) is 25.1 Å². The van der Waals surface area contributed by atoms with Gasteiger partial charge in [-0.2, -0.15) is 0 Å². The van der Waals surface area contributed by atoms with Gasteiger partial charge in [-0.25, -0.2) is 8.42 Å². The standard InChI is InChI=1S/C16H26N2O3S2/c1-12(2)9-14(15-5-4-7-22-15)17-16(19)10-18(3)13-6-8-23(20,21)11-13/h4-5,7,12-14H,6,8-11H2,1-3H3,(H,17,19)/t13-,14+/m1/s1. The van der Waals surface area contributed by atoms with Crippen LogP contribution in [0.2, 0.25) is 0 Å². The molecule has 0 radical (unpaired) electrons. The molecule has 2 atom stereocenters. The highest BCUT2D eigenvalue weighted by Gasteiger charge is 2.31. The van der Waals surface area contributed by atoms with Crippen LogP contribution in [-0.4, -0.2) is 50.4 Å². The molecule has 0 aromatic carbocycles. The van der Waals surface area contributed by atoms with Crippen molar-refractivity contribution in [2.24, 2.45) is 5.92 Å². The van der Waals surface area contributed by atoms with Crippen molar-refractivity contribution in [3.63, 3.8) is 0 Å². The van der Waals surface area contributed by atoms with Gasteiger partial charge in [-0.05, 0) is 37.3 Å². The van der Waals surface area contributed by atoms with E-state index in [0.717, 1.165) is 11.3 Å². The van der Waals surface area contributed by atoms with E-state index in [0.29, 0.717) is 12.3 Å². The Labute approximate surface area is 143 Å². The minimum Gasteiger partial charge on any atom is -0.347 e. The fraction of sp³-hybridized carbons (Fsp3) is 0.688. The van der Waals surface area contributed by atoms with Crippen molar-refractivity contribution in [1.82, 2.24) is 10.2 Å². The van der Waals surface area contributed by atoms with Gasteiger partial charge in [0.05, 0.1) is 24.1 Å². The lowest BCUT2D eigenvalue weighted by Gasteiger charge is -2.25. The minimum absolute atomic E-state index is 0.0308. The average Bonchev–Trinajstić information content (AvgIpc) is 3.06.